The zero-order valence-electron chi connectivity index (χ0n) is 17.6. The fourth-order valence-corrected chi connectivity index (χ4v) is 4.06. The fourth-order valence-electron chi connectivity index (χ4n) is 4.06. The Morgan fingerprint density at radius 1 is 0.935 bits per heavy atom. The topological polar surface area (TPSA) is 62.2 Å². The van der Waals surface area contributed by atoms with Crippen LogP contribution in [0.15, 0.2) is 84.9 Å². The summed E-state index contributed by atoms with van der Waals surface area (Å²) in [5.74, 6) is -0.144. The smallest absolute Gasteiger partial charge is 0.252 e. The van der Waals surface area contributed by atoms with E-state index in [0.717, 1.165) is 33.3 Å². The molecule has 4 heteroatoms. The summed E-state index contributed by atoms with van der Waals surface area (Å²) in [5.41, 5.74) is 5.19. The SMILES string of the molecule is CCc1c(-c2ccccc2)nc2ccccc2c1C(=O)N[C@H](CCO)c1ccccc1. The zero-order chi connectivity index (χ0) is 21.6. The molecule has 1 amide bonds. The Balaban J connectivity index is 1.84. The molecule has 156 valence electrons. The summed E-state index contributed by atoms with van der Waals surface area (Å²) in [7, 11) is 0. The van der Waals surface area contributed by atoms with E-state index < -0.39 is 0 Å². The van der Waals surface area contributed by atoms with Crippen molar-refractivity contribution < 1.29 is 9.90 Å². The molecule has 1 atom stereocenters. The van der Waals surface area contributed by atoms with Crippen LogP contribution in [-0.4, -0.2) is 22.6 Å². The molecule has 0 fully saturated rings. The van der Waals surface area contributed by atoms with Crippen molar-refractivity contribution in [2.75, 3.05) is 6.61 Å². The maximum Gasteiger partial charge on any atom is 0.252 e. The predicted octanol–water partition coefficient (Wildman–Crippen LogP) is 5.32. The van der Waals surface area contributed by atoms with E-state index in [0.29, 0.717) is 18.4 Å². The van der Waals surface area contributed by atoms with Crippen LogP contribution in [-0.2, 0) is 6.42 Å². The molecule has 2 N–H and O–H groups in total. The third-order valence-corrected chi connectivity index (χ3v) is 5.55. The Morgan fingerprint density at radius 3 is 2.26 bits per heavy atom. The van der Waals surface area contributed by atoms with Crippen molar-refractivity contribution in [3.63, 3.8) is 0 Å². The molecule has 0 aliphatic heterocycles. The highest BCUT2D eigenvalue weighted by Gasteiger charge is 2.23. The second-order valence-corrected chi connectivity index (χ2v) is 7.50. The highest BCUT2D eigenvalue weighted by Crippen LogP contribution is 2.31. The fraction of sp³-hybridized carbons (Fsp3) is 0.185. The average Bonchev–Trinajstić information content (AvgIpc) is 2.83. The normalized spacial score (nSPS) is 11.9. The van der Waals surface area contributed by atoms with Gasteiger partial charge in [0.2, 0.25) is 0 Å². The van der Waals surface area contributed by atoms with Gasteiger partial charge in [0.25, 0.3) is 5.91 Å². The molecule has 1 heterocycles. The molecule has 0 saturated carbocycles. The van der Waals surface area contributed by atoms with E-state index in [1.807, 2.05) is 84.9 Å². The molecule has 3 aromatic carbocycles. The number of nitrogens with zero attached hydrogens (tertiary/aromatic N) is 1. The first-order valence-corrected chi connectivity index (χ1v) is 10.7. The van der Waals surface area contributed by atoms with Gasteiger partial charge in [0.15, 0.2) is 0 Å². The van der Waals surface area contributed by atoms with Crippen molar-refractivity contribution in [1.29, 1.82) is 0 Å². The molecule has 0 aliphatic carbocycles. The van der Waals surface area contributed by atoms with E-state index >= 15 is 0 Å². The first-order chi connectivity index (χ1) is 15.2. The van der Waals surface area contributed by atoms with Crippen LogP contribution in [0, 0.1) is 0 Å². The molecule has 1 aromatic heterocycles. The summed E-state index contributed by atoms with van der Waals surface area (Å²) >= 11 is 0. The quantitative estimate of drug-likeness (QED) is 0.434. The van der Waals surface area contributed by atoms with Gasteiger partial charge in [-0.25, -0.2) is 4.98 Å². The summed E-state index contributed by atoms with van der Waals surface area (Å²) in [4.78, 5) is 18.6. The minimum absolute atomic E-state index is 0.00711. The summed E-state index contributed by atoms with van der Waals surface area (Å²) in [6.45, 7) is 2.05. The number of aromatic nitrogens is 1. The monoisotopic (exact) mass is 410 g/mol. The molecule has 4 aromatic rings. The third kappa shape index (κ3) is 4.35. The molecule has 4 rings (SSSR count). The number of carbonyl (C=O) groups excluding carboxylic acids is 1. The Morgan fingerprint density at radius 2 is 1.58 bits per heavy atom. The molecule has 0 bridgehead atoms. The second kappa shape index (κ2) is 9.54. The molecule has 0 spiro atoms. The van der Waals surface area contributed by atoms with Crippen molar-refractivity contribution in [2.45, 2.75) is 25.8 Å². The molecule has 0 aliphatic rings. The van der Waals surface area contributed by atoms with E-state index in [-0.39, 0.29) is 18.6 Å². The summed E-state index contributed by atoms with van der Waals surface area (Å²) in [5, 5.41) is 13.6. The minimum atomic E-state index is -0.268. The number of fused-ring (bicyclic) bond motifs is 1. The molecule has 0 saturated heterocycles. The van der Waals surface area contributed by atoms with Gasteiger partial charge in [0.05, 0.1) is 22.8 Å². The number of benzene rings is 3. The number of aliphatic hydroxyl groups excluding tert-OH is 1. The van der Waals surface area contributed by atoms with Gasteiger partial charge < -0.3 is 10.4 Å². The summed E-state index contributed by atoms with van der Waals surface area (Å²) < 4.78 is 0. The predicted molar refractivity (Wildman–Crippen MR) is 125 cm³/mol. The van der Waals surface area contributed by atoms with Crippen LogP contribution >= 0.6 is 0 Å². The first kappa shape index (κ1) is 20.8. The third-order valence-electron chi connectivity index (χ3n) is 5.55. The zero-order valence-corrected chi connectivity index (χ0v) is 17.6. The number of carbonyl (C=O) groups is 1. The van der Waals surface area contributed by atoms with Crippen molar-refractivity contribution in [3.05, 3.63) is 102 Å². The van der Waals surface area contributed by atoms with E-state index in [1.54, 1.807) is 0 Å². The number of pyridine rings is 1. The number of aliphatic hydroxyl groups is 1. The summed E-state index contributed by atoms with van der Waals surface area (Å²) in [6.07, 6.45) is 1.13. The molecule has 0 unspecified atom stereocenters. The van der Waals surface area contributed by atoms with E-state index in [2.05, 4.69) is 12.2 Å². The van der Waals surface area contributed by atoms with Crippen LogP contribution in [0.3, 0.4) is 0 Å². The van der Waals surface area contributed by atoms with Crippen LogP contribution < -0.4 is 5.32 Å². The Bertz CT molecular complexity index is 1170. The van der Waals surface area contributed by atoms with Crippen molar-refractivity contribution in [1.82, 2.24) is 10.3 Å². The lowest BCUT2D eigenvalue weighted by Gasteiger charge is -2.21. The van der Waals surface area contributed by atoms with Gasteiger partial charge in [0.1, 0.15) is 0 Å². The van der Waals surface area contributed by atoms with E-state index in [9.17, 15) is 9.90 Å². The van der Waals surface area contributed by atoms with E-state index in [1.165, 1.54) is 0 Å². The van der Waals surface area contributed by atoms with Crippen molar-refractivity contribution >= 4 is 16.8 Å². The Hall–Kier alpha value is -3.50. The van der Waals surface area contributed by atoms with Crippen LogP contribution in [0.25, 0.3) is 22.2 Å². The van der Waals surface area contributed by atoms with Gasteiger partial charge in [-0.15, -0.1) is 0 Å². The number of para-hydroxylation sites is 1. The van der Waals surface area contributed by atoms with Gasteiger partial charge in [-0.1, -0.05) is 85.8 Å². The first-order valence-electron chi connectivity index (χ1n) is 10.7. The molecule has 4 nitrogen and oxygen atoms in total. The standard InChI is InChI=1S/C27H26N2O2/c1-2-21-25(27(31)29-23(17-18-30)19-11-5-3-6-12-19)22-15-9-10-16-24(22)28-26(21)20-13-7-4-8-14-20/h3-16,23,30H,2,17-18H2,1H3,(H,29,31)/t23-/m1/s1. The van der Waals surface area contributed by atoms with Crippen LogP contribution in [0.4, 0.5) is 0 Å². The highest BCUT2D eigenvalue weighted by molar-refractivity contribution is 6.09. The highest BCUT2D eigenvalue weighted by atomic mass is 16.3. The average molecular weight is 411 g/mol. The van der Waals surface area contributed by atoms with Crippen molar-refractivity contribution in [2.24, 2.45) is 0 Å². The maximum absolute atomic E-state index is 13.7. The second-order valence-electron chi connectivity index (χ2n) is 7.50. The number of nitrogens with one attached hydrogen (secondary N) is 1. The number of hydrogen-bond acceptors (Lipinski definition) is 3. The molecular weight excluding hydrogens is 384 g/mol. The molecule has 0 radical (unpaired) electrons. The van der Waals surface area contributed by atoms with Crippen LogP contribution in [0.1, 0.15) is 40.9 Å². The Kier molecular flexibility index (Phi) is 6.39. The van der Waals surface area contributed by atoms with E-state index in [4.69, 9.17) is 4.98 Å². The molecular formula is C27H26N2O2. The lowest BCUT2D eigenvalue weighted by molar-refractivity contribution is 0.0930. The molecule has 31 heavy (non-hydrogen) atoms. The number of amides is 1. The van der Waals surface area contributed by atoms with Crippen LogP contribution in [0.2, 0.25) is 0 Å². The lowest BCUT2D eigenvalue weighted by atomic mass is 9.94. The summed E-state index contributed by atoms with van der Waals surface area (Å²) in [6, 6.07) is 27.3. The van der Waals surface area contributed by atoms with Gasteiger partial charge in [-0.3, -0.25) is 4.79 Å². The maximum atomic E-state index is 13.7. The number of hydrogen-bond donors (Lipinski definition) is 2. The van der Waals surface area contributed by atoms with Gasteiger partial charge in [-0.05, 0) is 30.0 Å². The van der Waals surface area contributed by atoms with Crippen LogP contribution in [0.5, 0.6) is 0 Å². The van der Waals surface area contributed by atoms with Gasteiger partial charge in [0, 0.05) is 17.6 Å². The van der Waals surface area contributed by atoms with Crippen molar-refractivity contribution in [3.8, 4) is 11.3 Å². The Labute approximate surface area is 182 Å². The number of rotatable bonds is 7. The lowest BCUT2D eigenvalue weighted by Crippen LogP contribution is -2.30. The largest absolute Gasteiger partial charge is 0.396 e. The minimum Gasteiger partial charge on any atom is -0.396 e. The van der Waals surface area contributed by atoms with Gasteiger partial charge in [-0.2, -0.15) is 0 Å². The van der Waals surface area contributed by atoms with Gasteiger partial charge >= 0.3 is 0 Å².